The number of hydrogen-bond acceptors (Lipinski definition) is 2. The number of nitrogens with one attached hydrogen (secondary N) is 1. The van der Waals surface area contributed by atoms with Gasteiger partial charge in [-0.25, -0.2) is 0 Å². The lowest BCUT2D eigenvalue weighted by Crippen LogP contribution is -1.96. The van der Waals surface area contributed by atoms with Crippen LogP contribution in [0.3, 0.4) is 0 Å². The molecule has 0 aliphatic rings. The van der Waals surface area contributed by atoms with Crippen LogP contribution in [0.25, 0.3) is 10.9 Å². The highest BCUT2D eigenvalue weighted by Crippen LogP contribution is 2.21. The molecule has 1 N–H and O–H groups in total. The van der Waals surface area contributed by atoms with Crippen LogP contribution in [-0.4, -0.2) is 14.9 Å². The number of thiocarbonyl (C=S) groups is 1. The van der Waals surface area contributed by atoms with Crippen molar-refractivity contribution in [3.05, 3.63) is 71.4 Å². The molecule has 0 spiro atoms. The molecule has 24 heavy (non-hydrogen) atoms. The van der Waals surface area contributed by atoms with Crippen LogP contribution in [0, 0.1) is 6.92 Å². The van der Waals surface area contributed by atoms with Crippen molar-refractivity contribution in [3.8, 4) is 0 Å². The summed E-state index contributed by atoms with van der Waals surface area (Å²) in [6, 6.07) is 17.2. The largest absolute Gasteiger partial charge is 0.361 e. The summed E-state index contributed by atoms with van der Waals surface area (Å²) in [6.45, 7) is 2.14. The summed E-state index contributed by atoms with van der Waals surface area (Å²) in [6.07, 6.45) is 6.46. The van der Waals surface area contributed by atoms with E-state index < -0.39 is 0 Å². The number of fused-ring (bicyclic) bond motifs is 1. The fraction of sp³-hybridized carbons (Fsp3) is 0.286. The quantitative estimate of drug-likeness (QED) is 0.516. The second kappa shape index (κ2) is 8.50. The van der Waals surface area contributed by atoms with Crippen molar-refractivity contribution in [2.75, 3.05) is 5.75 Å². The molecule has 3 aromatic rings. The maximum atomic E-state index is 5.54. The zero-order valence-corrected chi connectivity index (χ0v) is 15.7. The molecule has 0 radical (unpaired) electrons. The zero-order valence-electron chi connectivity index (χ0n) is 14.0. The number of benzene rings is 2. The predicted molar refractivity (Wildman–Crippen MR) is 111 cm³/mol. The molecule has 124 valence electrons. The molecule has 0 atom stereocenters. The normalized spacial score (nSPS) is 11.0. The minimum Gasteiger partial charge on any atom is -0.361 e. The van der Waals surface area contributed by atoms with Gasteiger partial charge in [0.15, 0.2) is 0 Å². The van der Waals surface area contributed by atoms with E-state index in [0.29, 0.717) is 0 Å². The van der Waals surface area contributed by atoms with Gasteiger partial charge in [0, 0.05) is 27.0 Å². The molecule has 0 unspecified atom stereocenters. The van der Waals surface area contributed by atoms with Crippen LogP contribution >= 0.6 is 24.0 Å². The molecule has 3 heteroatoms. The first-order chi connectivity index (χ1) is 11.7. The minimum atomic E-state index is 1.02. The summed E-state index contributed by atoms with van der Waals surface area (Å²) >= 11 is 7.38. The summed E-state index contributed by atoms with van der Waals surface area (Å²) < 4.78 is 1.14. The van der Waals surface area contributed by atoms with Gasteiger partial charge >= 0.3 is 0 Å². The fourth-order valence-corrected chi connectivity index (χ4v) is 4.23. The summed E-state index contributed by atoms with van der Waals surface area (Å²) in [7, 11) is 0. The van der Waals surface area contributed by atoms with Gasteiger partial charge in [-0.1, -0.05) is 60.2 Å². The van der Waals surface area contributed by atoms with Gasteiger partial charge in [0.05, 0.1) is 0 Å². The number of hydrogen-bond donors (Lipinski definition) is 1. The molecular weight excluding hydrogens is 330 g/mol. The summed E-state index contributed by atoms with van der Waals surface area (Å²) in [4.78, 5) is 3.35. The molecule has 0 saturated heterocycles. The van der Waals surface area contributed by atoms with Crippen LogP contribution in [-0.2, 0) is 12.8 Å². The van der Waals surface area contributed by atoms with E-state index in [1.807, 2.05) is 11.8 Å². The highest BCUT2D eigenvalue weighted by atomic mass is 32.2. The topological polar surface area (TPSA) is 15.8 Å². The van der Waals surface area contributed by atoms with Crippen LogP contribution in [0.4, 0.5) is 0 Å². The van der Waals surface area contributed by atoms with Gasteiger partial charge in [-0.3, -0.25) is 0 Å². The molecule has 2 aromatic carbocycles. The van der Waals surface area contributed by atoms with E-state index in [0.717, 1.165) is 35.6 Å². The third kappa shape index (κ3) is 4.71. The average Bonchev–Trinajstić information content (AvgIpc) is 2.98. The molecule has 0 saturated carbocycles. The van der Waals surface area contributed by atoms with Crippen LogP contribution in [0.2, 0.25) is 0 Å². The lowest BCUT2D eigenvalue weighted by Gasteiger charge is -2.05. The van der Waals surface area contributed by atoms with Gasteiger partial charge in [0.25, 0.3) is 0 Å². The first kappa shape index (κ1) is 17.2. The molecule has 0 bridgehead atoms. The van der Waals surface area contributed by atoms with Crippen LogP contribution in [0.5, 0.6) is 0 Å². The summed E-state index contributed by atoms with van der Waals surface area (Å²) in [5.74, 6) is 1.08. The number of aromatic amines is 1. The second-order valence-corrected chi connectivity index (χ2v) is 8.11. The van der Waals surface area contributed by atoms with Crippen molar-refractivity contribution in [3.63, 3.8) is 0 Å². The minimum absolute atomic E-state index is 1.02. The van der Waals surface area contributed by atoms with Gasteiger partial charge in [-0.2, -0.15) is 0 Å². The Morgan fingerprint density at radius 3 is 2.83 bits per heavy atom. The number of H-pyrrole nitrogens is 1. The monoisotopic (exact) mass is 353 g/mol. The number of rotatable bonds is 7. The van der Waals surface area contributed by atoms with Gasteiger partial charge in [0.2, 0.25) is 0 Å². The molecule has 0 fully saturated rings. The van der Waals surface area contributed by atoms with E-state index in [9.17, 15) is 0 Å². The fourth-order valence-electron chi connectivity index (χ4n) is 2.98. The molecule has 1 heterocycles. The SMILES string of the molecule is Cc1cccc(CCSC(=S)CCCc2c[nH]c3ccccc23)c1. The van der Waals surface area contributed by atoms with Crippen LogP contribution < -0.4 is 0 Å². The average molecular weight is 354 g/mol. The van der Waals surface area contributed by atoms with E-state index >= 15 is 0 Å². The lowest BCUT2D eigenvalue weighted by atomic mass is 10.1. The first-order valence-electron chi connectivity index (χ1n) is 8.48. The van der Waals surface area contributed by atoms with Crippen molar-refractivity contribution in [2.24, 2.45) is 0 Å². The number of para-hydroxylation sites is 1. The summed E-state index contributed by atoms with van der Waals surface area (Å²) in [5, 5.41) is 1.34. The number of aromatic nitrogens is 1. The van der Waals surface area contributed by atoms with E-state index in [2.05, 4.69) is 66.6 Å². The Balaban J connectivity index is 1.40. The maximum absolute atomic E-state index is 5.54. The first-order valence-corrected chi connectivity index (χ1v) is 9.88. The molecule has 1 aromatic heterocycles. The van der Waals surface area contributed by atoms with Gasteiger partial charge in [-0.15, -0.1) is 11.8 Å². The third-order valence-electron chi connectivity index (χ3n) is 4.24. The number of thioether (sulfide) groups is 1. The molecule has 0 aliphatic carbocycles. The van der Waals surface area contributed by atoms with Crippen LogP contribution in [0.1, 0.15) is 29.5 Å². The lowest BCUT2D eigenvalue weighted by molar-refractivity contribution is 0.882. The van der Waals surface area contributed by atoms with Crippen molar-refractivity contribution < 1.29 is 0 Å². The highest BCUT2D eigenvalue weighted by molar-refractivity contribution is 8.23. The Labute approximate surface area is 153 Å². The highest BCUT2D eigenvalue weighted by Gasteiger charge is 2.04. The van der Waals surface area contributed by atoms with Crippen molar-refractivity contribution in [1.29, 1.82) is 0 Å². The van der Waals surface area contributed by atoms with Gasteiger partial charge in [-0.05, 0) is 49.8 Å². The van der Waals surface area contributed by atoms with Gasteiger partial charge in [0.1, 0.15) is 0 Å². The Morgan fingerprint density at radius 2 is 1.96 bits per heavy atom. The van der Waals surface area contributed by atoms with E-state index in [1.54, 1.807) is 0 Å². The van der Waals surface area contributed by atoms with Crippen molar-refractivity contribution >= 4 is 39.1 Å². The number of aryl methyl sites for hydroxylation is 3. The molecular formula is C21H23NS2. The van der Waals surface area contributed by atoms with E-state index in [-0.39, 0.29) is 0 Å². The van der Waals surface area contributed by atoms with Gasteiger partial charge < -0.3 is 4.98 Å². The molecule has 3 rings (SSSR count). The van der Waals surface area contributed by atoms with E-state index in [4.69, 9.17) is 12.2 Å². The third-order valence-corrected chi connectivity index (χ3v) is 5.73. The zero-order chi connectivity index (χ0) is 16.8. The Kier molecular flexibility index (Phi) is 6.11. The Hall–Kier alpha value is -1.58. The smallest absolute Gasteiger partial charge is 0.0478 e. The maximum Gasteiger partial charge on any atom is 0.0478 e. The van der Waals surface area contributed by atoms with E-state index in [1.165, 1.54) is 27.6 Å². The summed E-state index contributed by atoms with van der Waals surface area (Å²) in [5.41, 5.74) is 5.36. The standard InChI is InChI=1S/C21H23NS2/c1-16-6-4-7-17(14-16)12-13-24-21(23)11-5-8-18-15-22-20-10-3-2-9-19(18)20/h2-4,6-7,9-10,14-15,22H,5,8,11-13H2,1H3. The molecule has 0 aliphatic heterocycles. The van der Waals surface area contributed by atoms with Crippen molar-refractivity contribution in [1.82, 2.24) is 4.98 Å². The van der Waals surface area contributed by atoms with Crippen LogP contribution in [0.15, 0.2) is 54.7 Å². The molecule has 0 amide bonds. The molecule has 1 nitrogen and oxygen atoms in total. The van der Waals surface area contributed by atoms with Crippen molar-refractivity contribution in [2.45, 2.75) is 32.6 Å². The Morgan fingerprint density at radius 1 is 1.08 bits per heavy atom. The second-order valence-electron chi connectivity index (χ2n) is 6.17. The predicted octanol–water partition coefficient (Wildman–Crippen LogP) is 6.10. The Bertz CT molecular complexity index is 819.